The molecule has 1 N–H and O–H groups in total. The molecule has 0 aliphatic heterocycles. The second kappa shape index (κ2) is 13.6. The van der Waals surface area contributed by atoms with Crippen molar-refractivity contribution in [3.05, 3.63) is 0 Å². The van der Waals surface area contributed by atoms with Gasteiger partial charge in [0.25, 0.3) is 0 Å². The summed E-state index contributed by atoms with van der Waals surface area (Å²) in [5, 5.41) is 2.90. The van der Waals surface area contributed by atoms with E-state index in [0.29, 0.717) is 0 Å². The molecule has 0 rings (SSSR count). The number of nitrogens with one attached hydrogen (secondary N) is 1. The highest BCUT2D eigenvalue weighted by Gasteiger charge is 2.11. The summed E-state index contributed by atoms with van der Waals surface area (Å²) in [4.78, 5) is 11.6. The van der Waals surface area contributed by atoms with Crippen LogP contribution in [0.15, 0.2) is 0 Å². The van der Waals surface area contributed by atoms with E-state index in [-0.39, 0.29) is 12.1 Å². The van der Waals surface area contributed by atoms with E-state index >= 15 is 0 Å². The van der Waals surface area contributed by atoms with Gasteiger partial charge in [-0.15, -0.1) is 0 Å². The number of hydrogen-bond donors (Lipinski definition) is 2. The Balaban J connectivity index is 3.23. The predicted molar refractivity (Wildman–Crippen MR) is 91.2 cm³/mol. The van der Waals surface area contributed by atoms with Crippen molar-refractivity contribution in [1.29, 1.82) is 0 Å². The maximum atomic E-state index is 11.6. The van der Waals surface area contributed by atoms with Gasteiger partial charge in [0.15, 0.2) is 0 Å². The lowest BCUT2D eigenvalue weighted by Gasteiger charge is -2.20. The summed E-state index contributed by atoms with van der Waals surface area (Å²) in [5.74, 6) is 0. The zero-order chi connectivity index (χ0) is 15.2. The van der Waals surface area contributed by atoms with Crippen LogP contribution in [0, 0.1) is 0 Å². The Morgan fingerprint density at radius 1 is 0.950 bits per heavy atom. The zero-order valence-electron chi connectivity index (χ0n) is 13.7. The van der Waals surface area contributed by atoms with Crippen LogP contribution in [0.1, 0.15) is 85.0 Å². The van der Waals surface area contributed by atoms with E-state index in [4.69, 9.17) is 0 Å². The van der Waals surface area contributed by atoms with Crippen molar-refractivity contribution in [3.63, 3.8) is 0 Å². The topological polar surface area (TPSA) is 32.3 Å². The predicted octanol–water partition coefficient (Wildman–Crippen LogP) is 5.17. The van der Waals surface area contributed by atoms with E-state index in [1.165, 1.54) is 62.1 Å². The molecular formula is C16H34N2OS. The number of unbranched alkanes of at least 4 members (excludes halogenated alkanes) is 9. The molecular weight excluding hydrogens is 268 g/mol. The van der Waals surface area contributed by atoms with Gasteiger partial charge in [-0.05, 0) is 20.3 Å². The molecule has 0 aliphatic carbocycles. The Kier molecular flexibility index (Phi) is 13.3. The van der Waals surface area contributed by atoms with Gasteiger partial charge in [0.2, 0.25) is 0 Å². The molecule has 4 heteroatoms. The van der Waals surface area contributed by atoms with Crippen LogP contribution in [-0.4, -0.2) is 22.9 Å². The Morgan fingerprint density at radius 3 is 1.85 bits per heavy atom. The van der Waals surface area contributed by atoms with Gasteiger partial charge in [0, 0.05) is 12.6 Å². The first-order chi connectivity index (χ1) is 9.59. The highest BCUT2D eigenvalue weighted by atomic mass is 32.1. The number of rotatable bonds is 12. The van der Waals surface area contributed by atoms with Crippen LogP contribution in [0.3, 0.4) is 0 Å². The van der Waals surface area contributed by atoms with Gasteiger partial charge < -0.3 is 5.32 Å². The number of carbonyl (C=O) groups is 1. The summed E-state index contributed by atoms with van der Waals surface area (Å²) >= 11 is 4.15. The van der Waals surface area contributed by atoms with Crippen molar-refractivity contribution in [2.24, 2.45) is 0 Å². The summed E-state index contributed by atoms with van der Waals surface area (Å²) in [6, 6.07) is 0.0466. The number of thiol groups is 1. The maximum Gasteiger partial charge on any atom is 0.327 e. The molecule has 120 valence electrons. The molecule has 0 fully saturated rings. The second-order valence-electron chi connectivity index (χ2n) is 5.85. The van der Waals surface area contributed by atoms with Crippen LogP contribution < -0.4 is 5.32 Å². The molecule has 0 unspecified atom stereocenters. The fourth-order valence-corrected chi connectivity index (χ4v) is 2.19. The standard InChI is InChI=1S/C16H34N2OS/c1-4-5-6-7-8-9-10-11-12-13-14-17-16(19)18(20)15(2)3/h15,20H,4-14H2,1-3H3,(H,17,19). The van der Waals surface area contributed by atoms with Crippen LogP contribution in [0.2, 0.25) is 0 Å². The number of amides is 2. The molecule has 0 bridgehead atoms. The van der Waals surface area contributed by atoms with Crippen molar-refractivity contribution < 1.29 is 4.79 Å². The van der Waals surface area contributed by atoms with Crippen molar-refractivity contribution in [2.75, 3.05) is 6.54 Å². The van der Waals surface area contributed by atoms with E-state index in [1.54, 1.807) is 0 Å². The molecule has 0 aromatic rings. The fraction of sp³-hybridized carbons (Fsp3) is 0.938. The van der Waals surface area contributed by atoms with E-state index in [0.717, 1.165) is 13.0 Å². The number of carbonyl (C=O) groups excluding carboxylic acids is 1. The maximum absolute atomic E-state index is 11.6. The van der Waals surface area contributed by atoms with E-state index in [2.05, 4.69) is 25.1 Å². The molecule has 0 aliphatic rings. The Bertz CT molecular complexity index is 235. The number of urea groups is 1. The number of nitrogens with zero attached hydrogens (tertiary/aromatic N) is 1. The molecule has 0 saturated carbocycles. The van der Waals surface area contributed by atoms with Crippen molar-refractivity contribution in [2.45, 2.75) is 91.0 Å². The summed E-state index contributed by atoms with van der Waals surface area (Å²) in [5.41, 5.74) is 0. The highest BCUT2D eigenvalue weighted by Crippen LogP contribution is 2.10. The monoisotopic (exact) mass is 302 g/mol. The van der Waals surface area contributed by atoms with Crippen LogP contribution in [0.4, 0.5) is 4.79 Å². The lowest BCUT2D eigenvalue weighted by atomic mass is 10.1. The van der Waals surface area contributed by atoms with Crippen LogP contribution in [-0.2, 0) is 0 Å². The Morgan fingerprint density at radius 2 is 1.40 bits per heavy atom. The van der Waals surface area contributed by atoms with Crippen LogP contribution >= 0.6 is 12.8 Å². The van der Waals surface area contributed by atoms with Gasteiger partial charge in [-0.1, -0.05) is 77.5 Å². The number of hydrogen-bond acceptors (Lipinski definition) is 2. The molecule has 0 aromatic carbocycles. The van der Waals surface area contributed by atoms with Gasteiger partial charge in [0.1, 0.15) is 0 Å². The quantitative estimate of drug-likeness (QED) is 0.378. The summed E-state index contributed by atoms with van der Waals surface area (Å²) in [7, 11) is 0. The SMILES string of the molecule is CCCCCCCCCCCCNC(=O)N(S)C(C)C. The normalized spacial score (nSPS) is 10.8. The molecule has 2 amide bonds. The first-order valence-corrected chi connectivity index (χ1v) is 8.75. The van der Waals surface area contributed by atoms with Crippen molar-refractivity contribution in [3.8, 4) is 0 Å². The summed E-state index contributed by atoms with van der Waals surface area (Å²) in [6.45, 7) is 6.92. The highest BCUT2D eigenvalue weighted by molar-refractivity contribution is 7.78. The third-order valence-corrected chi connectivity index (χ3v) is 4.15. The Hall–Kier alpha value is -0.380. The van der Waals surface area contributed by atoms with Gasteiger partial charge in [0.05, 0.1) is 0 Å². The largest absolute Gasteiger partial charge is 0.337 e. The average molecular weight is 303 g/mol. The first-order valence-electron chi connectivity index (χ1n) is 8.35. The van der Waals surface area contributed by atoms with Crippen molar-refractivity contribution in [1.82, 2.24) is 9.62 Å². The molecule has 3 nitrogen and oxygen atoms in total. The molecule has 0 spiro atoms. The van der Waals surface area contributed by atoms with E-state index in [1.807, 2.05) is 13.8 Å². The van der Waals surface area contributed by atoms with Gasteiger partial charge >= 0.3 is 6.03 Å². The lowest BCUT2D eigenvalue weighted by Crippen LogP contribution is -2.38. The smallest absolute Gasteiger partial charge is 0.327 e. The van der Waals surface area contributed by atoms with Crippen molar-refractivity contribution >= 4 is 18.8 Å². The van der Waals surface area contributed by atoms with E-state index in [9.17, 15) is 4.79 Å². The minimum atomic E-state index is -0.0840. The molecule has 0 atom stereocenters. The van der Waals surface area contributed by atoms with Gasteiger partial charge in [-0.25, -0.2) is 4.79 Å². The fourth-order valence-electron chi connectivity index (χ4n) is 2.12. The summed E-state index contributed by atoms with van der Waals surface area (Å²) in [6.07, 6.45) is 13.2. The minimum Gasteiger partial charge on any atom is -0.337 e. The third-order valence-electron chi connectivity index (χ3n) is 3.50. The minimum absolute atomic E-state index is 0.0840. The zero-order valence-corrected chi connectivity index (χ0v) is 14.6. The van der Waals surface area contributed by atoms with E-state index < -0.39 is 0 Å². The van der Waals surface area contributed by atoms with Gasteiger partial charge in [-0.2, -0.15) is 0 Å². The third kappa shape index (κ3) is 11.4. The molecule has 0 radical (unpaired) electrons. The van der Waals surface area contributed by atoms with Gasteiger partial charge in [-0.3, -0.25) is 4.31 Å². The van der Waals surface area contributed by atoms with Crippen LogP contribution in [0.25, 0.3) is 0 Å². The molecule has 0 saturated heterocycles. The Labute approximate surface area is 131 Å². The summed E-state index contributed by atoms with van der Waals surface area (Å²) < 4.78 is 1.44. The lowest BCUT2D eigenvalue weighted by molar-refractivity contribution is 0.220. The average Bonchev–Trinajstić information content (AvgIpc) is 2.43. The van der Waals surface area contributed by atoms with Crippen LogP contribution in [0.5, 0.6) is 0 Å². The first kappa shape index (κ1) is 19.6. The molecule has 0 aromatic heterocycles. The molecule has 0 heterocycles. The molecule has 20 heavy (non-hydrogen) atoms. The second-order valence-corrected chi connectivity index (χ2v) is 6.28.